The number of aliphatic hydroxyl groups is 2. The van der Waals surface area contributed by atoms with E-state index < -0.39 is 6.04 Å². The van der Waals surface area contributed by atoms with Crippen LogP contribution in [0.15, 0.2) is 36.5 Å². The molecular formula is C23H28ClN5O3. The summed E-state index contributed by atoms with van der Waals surface area (Å²) in [6.45, 7) is 5.40. The lowest BCUT2D eigenvalue weighted by atomic mass is 10.1. The highest BCUT2D eigenvalue weighted by atomic mass is 35.5. The highest BCUT2D eigenvalue weighted by Crippen LogP contribution is 2.29. The van der Waals surface area contributed by atoms with Crippen LogP contribution in [0.5, 0.6) is 0 Å². The summed E-state index contributed by atoms with van der Waals surface area (Å²) in [5.74, 6) is 0.0744. The van der Waals surface area contributed by atoms with Crippen molar-refractivity contribution >= 4 is 23.5 Å². The molecule has 3 aromatic rings. The summed E-state index contributed by atoms with van der Waals surface area (Å²) in [7, 11) is 0. The fourth-order valence-corrected chi connectivity index (χ4v) is 3.77. The van der Waals surface area contributed by atoms with Crippen LogP contribution in [0.25, 0.3) is 11.3 Å². The Morgan fingerprint density at radius 2 is 2.00 bits per heavy atom. The second kappa shape index (κ2) is 10.6. The number of nitrogens with zero attached hydrogens (tertiary/aromatic N) is 2. The first-order valence-corrected chi connectivity index (χ1v) is 10.8. The van der Waals surface area contributed by atoms with Crippen LogP contribution in [0.2, 0.25) is 5.02 Å². The van der Waals surface area contributed by atoms with Gasteiger partial charge in [-0.05, 0) is 49.6 Å². The molecule has 0 saturated heterocycles. The van der Waals surface area contributed by atoms with Gasteiger partial charge in [0.25, 0.3) is 5.91 Å². The molecule has 1 aromatic carbocycles. The first kappa shape index (κ1) is 23.7. The lowest BCUT2D eigenvalue weighted by molar-refractivity contribution is 0.0911. The van der Waals surface area contributed by atoms with Crippen molar-refractivity contribution < 1.29 is 15.0 Å². The number of aromatic nitrogens is 3. The topological polar surface area (TPSA) is 123 Å². The van der Waals surface area contributed by atoms with Crippen LogP contribution >= 0.6 is 11.6 Å². The Balaban J connectivity index is 1.86. The molecule has 5 N–H and O–H groups in total. The van der Waals surface area contributed by atoms with E-state index in [0.29, 0.717) is 22.4 Å². The summed E-state index contributed by atoms with van der Waals surface area (Å²) >= 11 is 6.05. The van der Waals surface area contributed by atoms with Crippen molar-refractivity contribution in [2.24, 2.45) is 0 Å². The number of benzene rings is 1. The number of nitrogens with one attached hydrogen (secondary N) is 3. The van der Waals surface area contributed by atoms with E-state index in [2.05, 4.69) is 25.6 Å². The number of H-pyrrole nitrogens is 1. The maximum atomic E-state index is 13.0. The van der Waals surface area contributed by atoms with E-state index in [-0.39, 0.29) is 25.2 Å². The average Bonchev–Trinajstić information content (AvgIpc) is 3.09. The summed E-state index contributed by atoms with van der Waals surface area (Å²) in [5.41, 5.74) is 4.11. The van der Waals surface area contributed by atoms with Gasteiger partial charge in [-0.3, -0.25) is 4.79 Å². The van der Waals surface area contributed by atoms with Crippen LogP contribution in [0.1, 0.15) is 46.7 Å². The van der Waals surface area contributed by atoms with E-state index in [4.69, 9.17) is 11.6 Å². The van der Waals surface area contributed by atoms with Crippen molar-refractivity contribution in [2.45, 2.75) is 39.3 Å². The number of anilines is 1. The minimum atomic E-state index is -0.591. The summed E-state index contributed by atoms with van der Waals surface area (Å²) in [4.78, 5) is 25.0. The van der Waals surface area contributed by atoms with Gasteiger partial charge in [-0.1, -0.05) is 30.7 Å². The van der Waals surface area contributed by atoms with Crippen molar-refractivity contribution in [2.75, 3.05) is 18.5 Å². The number of hydrogen-bond acceptors (Lipinski definition) is 6. The number of carbonyl (C=O) groups is 1. The van der Waals surface area contributed by atoms with E-state index in [9.17, 15) is 15.0 Å². The van der Waals surface area contributed by atoms with Crippen LogP contribution < -0.4 is 10.6 Å². The predicted molar refractivity (Wildman–Crippen MR) is 125 cm³/mol. The van der Waals surface area contributed by atoms with Crippen molar-refractivity contribution in [3.05, 3.63) is 64.1 Å². The Bertz CT molecular complexity index is 1080. The van der Waals surface area contributed by atoms with Crippen LogP contribution in [-0.2, 0) is 0 Å². The molecular weight excluding hydrogens is 430 g/mol. The maximum Gasteiger partial charge on any atom is 0.268 e. The average molecular weight is 458 g/mol. The molecule has 32 heavy (non-hydrogen) atoms. The molecule has 2 atom stereocenters. The molecule has 0 unspecified atom stereocenters. The molecule has 170 valence electrons. The van der Waals surface area contributed by atoms with E-state index in [0.717, 1.165) is 28.8 Å². The van der Waals surface area contributed by atoms with Gasteiger partial charge < -0.3 is 25.8 Å². The molecule has 2 aromatic heterocycles. The Morgan fingerprint density at radius 3 is 2.66 bits per heavy atom. The maximum absolute atomic E-state index is 13.0. The Hall–Kier alpha value is -2.94. The number of aryl methyl sites for hydroxylation is 1. The first-order valence-electron chi connectivity index (χ1n) is 10.4. The van der Waals surface area contributed by atoms with E-state index >= 15 is 0 Å². The smallest absolute Gasteiger partial charge is 0.268 e. The number of amides is 1. The second-order valence-corrected chi connectivity index (χ2v) is 8.02. The molecule has 3 rings (SSSR count). The van der Waals surface area contributed by atoms with Crippen LogP contribution in [-0.4, -0.2) is 50.3 Å². The second-order valence-electron chi connectivity index (χ2n) is 7.59. The molecule has 0 fully saturated rings. The number of halogens is 1. The van der Waals surface area contributed by atoms with Gasteiger partial charge in [-0.15, -0.1) is 0 Å². The third kappa shape index (κ3) is 5.27. The summed E-state index contributed by atoms with van der Waals surface area (Å²) in [5, 5.41) is 25.7. The molecule has 0 saturated carbocycles. The molecule has 0 bridgehead atoms. The normalized spacial score (nSPS) is 12.9. The summed E-state index contributed by atoms with van der Waals surface area (Å²) < 4.78 is 0. The quantitative estimate of drug-likeness (QED) is 0.335. The minimum absolute atomic E-state index is 0.0186. The number of carbonyl (C=O) groups excluding carboxylic acids is 1. The van der Waals surface area contributed by atoms with Crippen LogP contribution in [0, 0.1) is 13.8 Å². The van der Waals surface area contributed by atoms with E-state index in [1.807, 2.05) is 20.8 Å². The fourth-order valence-electron chi connectivity index (χ4n) is 3.58. The molecule has 2 heterocycles. The minimum Gasteiger partial charge on any atom is -0.394 e. The van der Waals surface area contributed by atoms with Gasteiger partial charge in [0.15, 0.2) is 0 Å². The van der Waals surface area contributed by atoms with E-state index in [1.165, 1.54) is 0 Å². The lowest BCUT2D eigenvalue weighted by Crippen LogP contribution is -2.31. The van der Waals surface area contributed by atoms with Gasteiger partial charge in [0, 0.05) is 22.5 Å². The zero-order valence-corrected chi connectivity index (χ0v) is 19.1. The zero-order chi connectivity index (χ0) is 23.3. The highest BCUT2D eigenvalue weighted by Gasteiger charge is 2.22. The Morgan fingerprint density at radius 1 is 1.22 bits per heavy atom. The third-order valence-electron chi connectivity index (χ3n) is 5.36. The lowest BCUT2D eigenvalue weighted by Gasteiger charge is -2.17. The molecule has 1 amide bonds. The number of aromatic amines is 1. The largest absolute Gasteiger partial charge is 0.394 e. The molecule has 0 radical (unpaired) electrons. The number of rotatable bonds is 9. The predicted octanol–water partition coefficient (Wildman–Crippen LogP) is 3.39. The summed E-state index contributed by atoms with van der Waals surface area (Å²) in [6, 6.07) is 8.07. The zero-order valence-electron chi connectivity index (χ0n) is 18.3. The van der Waals surface area contributed by atoms with Crippen molar-refractivity contribution in [1.82, 2.24) is 20.3 Å². The third-order valence-corrected chi connectivity index (χ3v) is 5.60. The van der Waals surface area contributed by atoms with E-state index in [1.54, 1.807) is 36.5 Å². The standard InChI is InChI=1S/C23H28ClN5O3/c1-4-17(11-30)27-23-25-9-8-18(29-23)20-13(2)21(26-14(20)3)22(32)28-19(12-31)15-6-5-7-16(24)10-15/h5-10,17,19,26,30-31H,4,11-12H2,1-3H3,(H,28,32)(H,25,27,29)/t17-,19+/m0/s1. The van der Waals surface area contributed by atoms with Gasteiger partial charge in [0.2, 0.25) is 5.95 Å². The molecule has 0 aliphatic carbocycles. The Labute approximate surface area is 192 Å². The van der Waals surface area contributed by atoms with Crippen LogP contribution in [0.3, 0.4) is 0 Å². The van der Waals surface area contributed by atoms with Gasteiger partial charge in [-0.2, -0.15) is 0 Å². The van der Waals surface area contributed by atoms with Crippen LogP contribution in [0.4, 0.5) is 5.95 Å². The molecule has 0 aliphatic rings. The summed E-state index contributed by atoms with van der Waals surface area (Å²) in [6.07, 6.45) is 2.37. The monoisotopic (exact) mass is 457 g/mol. The van der Waals surface area contributed by atoms with Gasteiger partial charge in [0.05, 0.1) is 31.0 Å². The fraction of sp³-hybridized carbons (Fsp3) is 0.348. The van der Waals surface area contributed by atoms with Crippen molar-refractivity contribution in [1.29, 1.82) is 0 Å². The number of hydrogen-bond donors (Lipinski definition) is 5. The Kier molecular flexibility index (Phi) is 7.84. The SMILES string of the molecule is CC[C@@H](CO)Nc1nccc(-c2c(C)[nH]c(C(=O)N[C@H](CO)c3cccc(Cl)c3)c2C)n1. The van der Waals surface area contributed by atoms with Gasteiger partial charge in [0.1, 0.15) is 5.69 Å². The van der Waals surface area contributed by atoms with Crippen molar-refractivity contribution in [3.8, 4) is 11.3 Å². The molecule has 0 spiro atoms. The first-order chi connectivity index (χ1) is 15.4. The van der Waals surface area contributed by atoms with Crippen molar-refractivity contribution in [3.63, 3.8) is 0 Å². The molecule has 8 nitrogen and oxygen atoms in total. The molecule has 9 heteroatoms. The van der Waals surface area contributed by atoms with Gasteiger partial charge >= 0.3 is 0 Å². The van der Waals surface area contributed by atoms with Gasteiger partial charge in [-0.25, -0.2) is 9.97 Å². The molecule has 0 aliphatic heterocycles. The highest BCUT2D eigenvalue weighted by molar-refractivity contribution is 6.30. The number of aliphatic hydroxyl groups excluding tert-OH is 2.